The number of ether oxygens (including phenoxy) is 2. The first-order valence-electron chi connectivity index (χ1n) is 10.7. The molecule has 0 atom stereocenters. The van der Waals surface area contributed by atoms with Gasteiger partial charge in [-0.05, 0) is 44.5 Å². The molecule has 32 heavy (non-hydrogen) atoms. The zero-order valence-electron chi connectivity index (χ0n) is 17.9. The number of halogens is 1. The van der Waals surface area contributed by atoms with Gasteiger partial charge in [-0.2, -0.15) is 10.2 Å². The van der Waals surface area contributed by atoms with Gasteiger partial charge in [-0.25, -0.2) is 4.39 Å². The summed E-state index contributed by atoms with van der Waals surface area (Å²) in [7, 11) is 1.54. The van der Waals surface area contributed by atoms with Crippen LogP contribution < -0.4 is 9.47 Å². The van der Waals surface area contributed by atoms with Crippen LogP contribution in [-0.4, -0.2) is 53.4 Å². The van der Waals surface area contributed by atoms with E-state index >= 15 is 0 Å². The van der Waals surface area contributed by atoms with E-state index in [9.17, 15) is 14.5 Å². The summed E-state index contributed by atoms with van der Waals surface area (Å²) in [5.74, 6) is 0.354. The number of nitro benzene ring substituents is 1. The van der Waals surface area contributed by atoms with Crippen LogP contribution in [0, 0.1) is 15.9 Å². The standard InChI is InChI=1S/C23H25FN4O4/c1-31-22-13-18-19(17-7-6-16(28(29)30)12-20(17)24)15-25-26-21(18)14-23(22)32-11-5-10-27-8-3-2-4-9-27/h6-7,12-15H,2-5,8-11H2,1H3. The summed E-state index contributed by atoms with van der Waals surface area (Å²) in [4.78, 5) is 12.7. The number of benzene rings is 2. The van der Waals surface area contributed by atoms with Crippen molar-refractivity contribution in [3.8, 4) is 22.6 Å². The zero-order chi connectivity index (χ0) is 22.5. The largest absolute Gasteiger partial charge is 0.493 e. The highest BCUT2D eigenvalue weighted by molar-refractivity contribution is 5.95. The van der Waals surface area contributed by atoms with Gasteiger partial charge >= 0.3 is 0 Å². The molecule has 0 aliphatic carbocycles. The van der Waals surface area contributed by atoms with Crippen LogP contribution in [0.3, 0.4) is 0 Å². The Morgan fingerprint density at radius 2 is 1.94 bits per heavy atom. The lowest BCUT2D eigenvalue weighted by Gasteiger charge is -2.26. The predicted octanol–water partition coefficient (Wildman–Crippen LogP) is 4.61. The summed E-state index contributed by atoms with van der Waals surface area (Å²) >= 11 is 0. The second kappa shape index (κ2) is 9.86. The maximum Gasteiger partial charge on any atom is 0.272 e. The molecule has 0 saturated carbocycles. The summed E-state index contributed by atoms with van der Waals surface area (Å²) in [5, 5.41) is 19.7. The molecule has 0 amide bonds. The van der Waals surface area contributed by atoms with Crippen LogP contribution >= 0.6 is 0 Å². The van der Waals surface area contributed by atoms with E-state index in [1.165, 1.54) is 37.6 Å². The fraction of sp³-hybridized carbons (Fsp3) is 0.391. The van der Waals surface area contributed by atoms with Gasteiger partial charge < -0.3 is 14.4 Å². The lowest BCUT2D eigenvalue weighted by atomic mass is 10.0. The van der Waals surface area contributed by atoms with Crippen molar-refractivity contribution in [1.82, 2.24) is 15.1 Å². The molecule has 0 radical (unpaired) electrons. The first-order chi connectivity index (χ1) is 15.6. The van der Waals surface area contributed by atoms with Crippen molar-refractivity contribution in [2.45, 2.75) is 25.7 Å². The van der Waals surface area contributed by atoms with Crippen molar-refractivity contribution in [3.63, 3.8) is 0 Å². The minimum atomic E-state index is -0.703. The van der Waals surface area contributed by atoms with Crippen LogP contribution in [0.4, 0.5) is 10.1 Å². The highest BCUT2D eigenvalue weighted by Crippen LogP contribution is 2.37. The van der Waals surface area contributed by atoms with Crippen LogP contribution in [0.15, 0.2) is 36.5 Å². The Labute approximate surface area is 185 Å². The Kier molecular flexibility index (Phi) is 6.75. The number of aromatic nitrogens is 2. The van der Waals surface area contributed by atoms with Crippen molar-refractivity contribution in [2.24, 2.45) is 0 Å². The molecular formula is C23H25FN4O4. The number of hydrogen-bond donors (Lipinski definition) is 0. The minimum Gasteiger partial charge on any atom is -0.493 e. The Bertz CT molecular complexity index is 1120. The lowest BCUT2D eigenvalue weighted by Crippen LogP contribution is -2.31. The number of fused-ring (bicyclic) bond motifs is 1. The van der Waals surface area contributed by atoms with Gasteiger partial charge in [0.2, 0.25) is 0 Å². The molecule has 1 aliphatic rings. The van der Waals surface area contributed by atoms with E-state index in [0.29, 0.717) is 34.6 Å². The van der Waals surface area contributed by atoms with Crippen LogP contribution in [0.25, 0.3) is 22.0 Å². The van der Waals surface area contributed by atoms with Gasteiger partial charge in [0.25, 0.3) is 5.69 Å². The molecule has 0 unspecified atom stereocenters. The fourth-order valence-electron chi connectivity index (χ4n) is 4.04. The third-order valence-electron chi connectivity index (χ3n) is 5.70. The molecule has 0 spiro atoms. The zero-order valence-corrected chi connectivity index (χ0v) is 17.9. The molecule has 1 saturated heterocycles. The third kappa shape index (κ3) is 4.77. The van der Waals surface area contributed by atoms with E-state index < -0.39 is 10.7 Å². The Hall–Kier alpha value is -3.33. The summed E-state index contributed by atoms with van der Waals surface area (Å²) < 4.78 is 26.1. The van der Waals surface area contributed by atoms with Crippen LogP contribution in [0.1, 0.15) is 25.7 Å². The van der Waals surface area contributed by atoms with E-state index in [-0.39, 0.29) is 11.3 Å². The molecule has 0 N–H and O–H groups in total. The number of hydrogen-bond acceptors (Lipinski definition) is 7. The maximum absolute atomic E-state index is 14.6. The molecule has 1 aromatic heterocycles. The van der Waals surface area contributed by atoms with Crippen molar-refractivity contribution < 1.29 is 18.8 Å². The average molecular weight is 440 g/mol. The average Bonchev–Trinajstić information content (AvgIpc) is 2.81. The van der Waals surface area contributed by atoms with Gasteiger partial charge in [-0.15, -0.1) is 0 Å². The van der Waals surface area contributed by atoms with E-state index in [2.05, 4.69) is 15.1 Å². The van der Waals surface area contributed by atoms with Crippen molar-refractivity contribution in [2.75, 3.05) is 33.4 Å². The molecule has 1 fully saturated rings. The van der Waals surface area contributed by atoms with Crippen molar-refractivity contribution in [1.29, 1.82) is 0 Å². The number of methoxy groups -OCH3 is 1. The second-order valence-corrected chi connectivity index (χ2v) is 7.80. The number of non-ortho nitro benzene ring substituents is 1. The fourth-order valence-corrected chi connectivity index (χ4v) is 4.04. The van der Waals surface area contributed by atoms with Gasteiger partial charge in [-0.1, -0.05) is 6.42 Å². The highest BCUT2D eigenvalue weighted by Gasteiger charge is 2.17. The topological polar surface area (TPSA) is 90.6 Å². The van der Waals surface area contributed by atoms with E-state index in [1.807, 2.05) is 0 Å². The quantitative estimate of drug-likeness (QED) is 0.287. The Morgan fingerprint density at radius 1 is 1.12 bits per heavy atom. The molecule has 1 aliphatic heterocycles. The van der Waals surface area contributed by atoms with E-state index in [0.717, 1.165) is 32.1 Å². The van der Waals surface area contributed by atoms with E-state index in [1.54, 1.807) is 19.2 Å². The summed E-state index contributed by atoms with van der Waals surface area (Å²) in [5.41, 5.74) is 0.882. The first kappa shape index (κ1) is 21.9. The van der Waals surface area contributed by atoms with Crippen molar-refractivity contribution in [3.05, 3.63) is 52.5 Å². The maximum atomic E-state index is 14.6. The molecule has 168 valence electrons. The van der Waals surface area contributed by atoms with Crippen LogP contribution in [-0.2, 0) is 0 Å². The summed E-state index contributed by atoms with van der Waals surface area (Å²) in [6.45, 7) is 3.84. The molecule has 9 heteroatoms. The molecule has 2 heterocycles. The molecule has 2 aromatic carbocycles. The number of nitro groups is 1. The first-order valence-corrected chi connectivity index (χ1v) is 10.7. The Morgan fingerprint density at radius 3 is 2.66 bits per heavy atom. The third-order valence-corrected chi connectivity index (χ3v) is 5.70. The van der Waals surface area contributed by atoms with Gasteiger partial charge in [-0.3, -0.25) is 10.1 Å². The van der Waals surface area contributed by atoms with Crippen molar-refractivity contribution >= 4 is 16.6 Å². The number of likely N-dealkylation sites (tertiary alicyclic amines) is 1. The molecule has 3 aromatic rings. The second-order valence-electron chi connectivity index (χ2n) is 7.80. The molecule has 0 bridgehead atoms. The van der Waals surface area contributed by atoms with Crippen LogP contribution in [0.5, 0.6) is 11.5 Å². The van der Waals surface area contributed by atoms with Gasteiger partial charge in [0.15, 0.2) is 11.5 Å². The normalized spacial score (nSPS) is 14.4. The van der Waals surface area contributed by atoms with Crippen LogP contribution in [0.2, 0.25) is 0 Å². The van der Waals surface area contributed by atoms with Gasteiger partial charge in [0, 0.05) is 35.2 Å². The van der Waals surface area contributed by atoms with Gasteiger partial charge in [0.05, 0.1) is 36.4 Å². The molecule has 4 rings (SSSR count). The number of nitrogens with zero attached hydrogens (tertiary/aromatic N) is 4. The molecule has 8 nitrogen and oxygen atoms in total. The van der Waals surface area contributed by atoms with E-state index in [4.69, 9.17) is 9.47 Å². The minimum absolute atomic E-state index is 0.202. The van der Waals surface area contributed by atoms with Gasteiger partial charge in [0.1, 0.15) is 5.82 Å². The summed E-state index contributed by atoms with van der Waals surface area (Å²) in [6, 6.07) is 7.01. The Balaban J connectivity index is 1.56. The highest BCUT2D eigenvalue weighted by atomic mass is 19.1. The monoisotopic (exact) mass is 440 g/mol. The predicted molar refractivity (Wildman–Crippen MR) is 119 cm³/mol. The lowest BCUT2D eigenvalue weighted by molar-refractivity contribution is -0.385. The number of piperidine rings is 1. The number of rotatable bonds is 8. The molecular weight excluding hydrogens is 415 g/mol. The summed E-state index contributed by atoms with van der Waals surface area (Å²) in [6.07, 6.45) is 6.17. The SMILES string of the molecule is COc1cc2c(-c3ccc([N+](=O)[O-])cc3F)cnnc2cc1OCCCN1CCCCC1. The smallest absolute Gasteiger partial charge is 0.272 e.